The third-order valence-electron chi connectivity index (χ3n) is 2.67. The summed E-state index contributed by atoms with van der Waals surface area (Å²) in [6.45, 7) is -0.318. The monoisotopic (exact) mass is 236 g/mol. The average molecular weight is 237 g/mol. The van der Waals surface area contributed by atoms with Gasteiger partial charge in [-0.15, -0.1) is 0 Å². The van der Waals surface area contributed by atoms with E-state index in [1.165, 1.54) is 0 Å². The predicted molar refractivity (Wildman–Crippen MR) is 65.0 cm³/mol. The van der Waals surface area contributed by atoms with E-state index in [-0.39, 0.29) is 13.0 Å². The van der Waals surface area contributed by atoms with E-state index in [4.69, 9.17) is 16.7 Å². The Balaban J connectivity index is 2.33. The quantitative estimate of drug-likeness (QED) is 0.828. The fraction of sp³-hybridized carbons (Fsp3) is 0.231. The van der Waals surface area contributed by atoms with Gasteiger partial charge in [-0.3, -0.25) is 0 Å². The zero-order valence-corrected chi connectivity index (χ0v) is 9.48. The van der Waals surface area contributed by atoms with Crippen LogP contribution in [0.5, 0.6) is 0 Å². The molecule has 1 aliphatic rings. The Kier molecular flexibility index (Phi) is 3.15. The fourth-order valence-electron chi connectivity index (χ4n) is 1.73. The number of hydrogen-bond donors (Lipinski definition) is 2. The normalized spacial score (nSPS) is 24.9. The van der Waals surface area contributed by atoms with Crippen molar-refractivity contribution >= 4 is 17.2 Å². The van der Waals surface area contributed by atoms with Crippen LogP contribution >= 0.6 is 11.6 Å². The molecule has 0 saturated heterocycles. The van der Waals surface area contributed by atoms with Crippen molar-refractivity contribution in [2.45, 2.75) is 12.0 Å². The van der Waals surface area contributed by atoms with Gasteiger partial charge >= 0.3 is 0 Å². The molecule has 2 rings (SSSR count). The van der Waals surface area contributed by atoms with Crippen molar-refractivity contribution in [2.75, 3.05) is 6.61 Å². The Morgan fingerprint density at radius 1 is 1.25 bits per heavy atom. The van der Waals surface area contributed by atoms with Crippen molar-refractivity contribution in [1.82, 2.24) is 0 Å². The molecule has 0 aromatic heterocycles. The number of allylic oxidation sites excluding steroid dienone is 2. The molecule has 2 N–H and O–H groups in total. The SMILES string of the molecule is OCC1(O)C=CC(c2ccccc2)=C(Cl)C1. The van der Waals surface area contributed by atoms with E-state index < -0.39 is 5.60 Å². The molecule has 1 aromatic carbocycles. The molecule has 1 aliphatic carbocycles. The minimum absolute atomic E-state index is 0.256. The van der Waals surface area contributed by atoms with Crippen molar-refractivity contribution in [3.05, 3.63) is 53.1 Å². The van der Waals surface area contributed by atoms with Gasteiger partial charge in [-0.05, 0) is 17.2 Å². The van der Waals surface area contributed by atoms with Gasteiger partial charge in [0.15, 0.2) is 0 Å². The summed E-state index contributed by atoms with van der Waals surface area (Å²) in [5, 5.41) is 19.5. The largest absolute Gasteiger partial charge is 0.393 e. The maximum absolute atomic E-state index is 9.86. The van der Waals surface area contributed by atoms with Crippen molar-refractivity contribution in [3.63, 3.8) is 0 Å². The van der Waals surface area contributed by atoms with Crippen molar-refractivity contribution in [1.29, 1.82) is 0 Å². The standard InChI is InChI=1S/C13H13ClO2/c14-12-8-13(16,9-15)7-6-11(12)10-4-2-1-3-5-10/h1-7,15-16H,8-9H2. The third kappa shape index (κ3) is 2.19. The van der Waals surface area contributed by atoms with Crippen molar-refractivity contribution < 1.29 is 10.2 Å². The van der Waals surface area contributed by atoms with E-state index in [2.05, 4.69) is 0 Å². The molecule has 3 heteroatoms. The highest BCUT2D eigenvalue weighted by Gasteiger charge is 2.28. The summed E-state index contributed by atoms with van der Waals surface area (Å²) in [6.07, 6.45) is 3.62. The maximum atomic E-state index is 9.86. The lowest BCUT2D eigenvalue weighted by Gasteiger charge is -2.26. The molecule has 16 heavy (non-hydrogen) atoms. The summed E-state index contributed by atoms with van der Waals surface area (Å²) in [7, 11) is 0. The molecule has 0 amide bonds. The smallest absolute Gasteiger partial charge is 0.111 e. The van der Waals surface area contributed by atoms with Crippen LogP contribution < -0.4 is 0 Å². The summed E-state index contributed by atoms with van der Waals surface area (Å²) < 4.78 is 0. The van der Waals surface area contributed by atoms with Crippen LogP contribution in [0.1, 0.15) is 12.0 Å². The van der Waals surface area contributed by atoms with E-state index >= 15 is 0 Å². The summed E-state index contributed by atoms with van der Waals surface area (Å²) >= 11 is 6.14. The molecule has 0 fully saturated rings. The lowest BCUT2D eigenvalue weighted by molar-refractivity contribution is 0.0285. The van der Waals surface area contributed by atoms with Gasteiger partial charge < -0.3 is 10.2 Å². The first-order chi connectivity index (χ1) is 7.64. The first-order valence-electron chi connectivity index (χ1n) is 5.11. The zero-order valence-electron chi connectivity index (χ0n) is 8.73. The maximum Gasteiger partial charge on any atom is 0.111 e. The molecule has 84 valence electrons. The second kappa shape index (κ2) is 4.42. The van der Waals surface area contributed by atoms with Crippen LogP contribution in [-0.2, 0) is 0 Å². The molecular formula is C13H13ClO2. The van der Waals surface area contributed by atoms with Gasteiger partial charge in [-0.2, -0.15) is 0 Å². The molecule has 1 unspecified atom stereocenters. The summed E-state index contributed by atoms with van der Waals surface area (Å²) in [5.41, 5.74) is 0.708. The van der Waals surface area contributed by atoms with Gasteiger partial charge in [0.1, 0.15) is 5.60 Å². The highest BCUT2D eigenvalue weighted by atomic mass is 35.5. The van der Waals surface area contributed by atoms with E-state index in [9.17, 15) is 5.11 Å². The number of halogens is 1. The molecule has 0 heterocycles. The van der Waals surface area contributed by atoms with E-state index in [1.807, 2.05) is 30.3 Å². The van der Waals surface area contributed by atoms with Crippen LogP contribution in [0.2, 0.25) is 0 Å². The van der Waals surface area contributed by atoms with Crippen molar-refractivity contribution in [2.24, 2.45) is 0 Å². The molecule has 1 aromatic rings. The summed E-state index contributed by atoms with van der Waals surface area (Å²) in [6, 6.07) is 9.74. The Bertz CT molecular complexity index is 437. The molecular weight excluding hydrogens is 224 g/mol. The van der Waals surface area contributed by atoms with Crippen LogP contribution in [0.15, 0.2) is 47.5 Å². The van der Waals surface area contributed by atoms with Gasteiger partial charge in [-0.1, -0.05) is 48.0 Å². The molecule has 0 bridgehead atoms. The lowest BCUT2D eigenvalue weighted by Crippen LogP contribution is -2.32. The molecule has 0 aliphatic heterocycles. The van der Waals surface area contributed by atoms with Crippen LogP contribution in [0.25, 0.3) is 5.57 Å². The molecule has 0 saturated carbocycles. The minimum atomic E-state index is -1.21. The first-order valence-corrected chi connectivity index (χ1v) is 5.49. The molecule has 2 nitrogen and oxygen atoms in total. The summed E-state index contributed by atoms with van der Waals surface area (Å²) in [5.74, 6) is 0. The Morgan fingerprint density at radius 2 is 1.94 bits per heavy atom. The minimum Gasteiger partial charge on any atom is -0.393 e. The molecule has 1 atom stereocenters. The van der Waals surface area contributed by atoms with E-state index in [0.717, 1.165) is 11.1 Å². The Morgan fingerprint density at radius 3 is 2.50 bits per heavy atom. The van der Waals surface area contributed by atoms with Gasteiger partial charge in [0.05, 0.1) is 6.61 Å². The number of hydrogen-bond acceptors (Lipinski definition) is 2. The average Bonchev–Trinajstić information content (AvgIpc) is 2.30. The first kappa shape index (κ1) is 11.4. The Labute approximate surface area is 99.5 Å². The fourth-order valence-corrected chi connectivity index (χ4v) is 2.13. The van der Waals surface area contributed by atoms with Gasteiger partial charge in [0.2, 0.25) is 0 Å². The topological polar surface area (TPSA) is 40.5 Å². The predicted octanol–water partition coefficient (Wildman–Crippen LogP) is 2.32. The van der Waals surface area contributed by atoms with Crippen LogP contribution in [0, 0.1) is 0 Å². The summed E-state index contributed by atoms with van der Waals surface area (Å²) in [4.78, 5) is 0. The zero-order chi connectivity index (χ0) is 11.6. The van der Waals surface area contributed by atoms with Crippen LogP contribution in [0.3, 0.4) is 0 Å². The van der Waals surface area contributed by atoms with Crippen molar-refractivity contribution in [3.8, 4) is 0 Å². The molecule has 0 radical (unpaired) electrons. The Hall–Kier alpha value is -1.09. The van der Waals surface area contributed by atoms with E-state index in [1.54, 1.807) is 12.2 Å². The number of rotatable bonds is 2. The lowest BCUT2D eigenvalue weighted by atomic mass is 9.90. The highest BCUT2D eigenvalue weighted by Crippen LogP contribution is 2.34. The van der Waals surface area contributed by atoms with E-state index in [0.29, 0.717) is 5.03 Å². The van der Waals surface area contributed by atoms with Crippen LogP contribution in [-0.4, -0.2) is 22.4 Å². The molecule has 0 spiro atoms. The second-order valence-electron chi connectivity index (χ2n) is 3.96. The number of benzene rings is 1. The van der Waals surface area contributed by atoms with Gasteiger partial charge in [0.25, 0.3) is 0 Å². The van der Waals surface area contributed by atoms with Gasteiger partial charge in [-0.25, -0.2) is 0 Å². The highest BCUT2D eigenvalue weighted by molar-refractivity contribution is 6.33. The number of aliphatic hydroxyl groups is 2. The third-order valence-corrected chi connectivity index (χ3v) is 3.01. The second-order valence-corrected chi connectivity index (χ2v) is 4.41. The van der Waals surface area contributed by atoms with Gasteiger partial charge in [0, 0.05) is 11.5 Å². The van der Waals surface area contributed by atoms with Crippen LogP contribution in [0.4, 0.5) is 0 Å². The number of aliphatic hydroxyl groups excluding tert-OH is 1.